The molecule has 13 heavy (non-hydrogen) atoms. The van der Waals surface area contributed by atoms with Gasteiger partial charge in [0.2, 0.25) is 0 Å². The van der Waals surface area contributed by atoms with E-state index in [1.165, 1.54) is 0 Å². The average molecular weight is 191 g/mol. The van der Waals surface area contributed by atoms with Crippen LogP contribution in [0.3, 0.4) is 0 Å². The Hall–Kier alpha value is -0.160. The van der Waals surface area contributed by atoms with Gasteiger partial charge in [0.15, 0.2) is 0 Å². The molecule has 0 saturated carbocycles. The number of hydrogen-bond donors (Lipinski definition) is 4. The Labute approximate surface area is 79.6 Å². The smallest absolute Gasteiger partial charge is 0.0715 e. The summed E-state index contributed by atoms with van der Waals surface area (Å²) in [4.78, 5) is 0. The third kappa shape index (κ3) is 4.57. The van der Waals surface area contributed by atoms with E-state index in [9.17, 15) is 5.11 Å². The Kier molecular flexibility index (Phi) is 4.85. The van der Waals surface area contributed by atoms with Crippen molar-refractivity contribution in [2.75, 3.05) is 19.8 Å². The van der Waals surface area contributed by atoms with Crippen molar-refractivity contribution in [1.82, 2.24) is 5.32 Å². The van der Waals surface area contributed by atoms with Crippen molar-refractivity contribution >= 4 is 0 Å². The van der Waals surface area contributed by atoms with Crippen molar-refractivity contribution in [2.45, 2.75) is 38.3 Å². The van der Waals surface area contributed by atoms with Gasteiger partial charge in [-0.25, -0.2) is 0 Å². The molecule has 0 heterocycles. The average Bonchev–Trinajstić information content (AvgIpc) is 2.06. The summed E-state index contributed by atoms with van der Waals surface area (Å²) in [6.07, 6.45) is 0.621. The second-order valence-electron chi connectivity index (χ2n) is 4.12. The van der Waals surface area contributed by atoms with E-state index in [1.54, 1.807) is 13.8 Å². The maximum absolute atomic E-state index is 9.44. The Balaban J connectivity index is 4.11. The largest absolute Gasteiger partial charge is 0.394 e. The molecule has 0 aliphatic carbocycles. The third-order valence-corrected chi connectivity index (χ3v) is 2.18. The zero-order valence-electron chi connectivity index (χ0n) is 8.67. The Bertz CT molecular complexity index is 130. The van der Waals surface area contributed by atoms with E-state index >= 15 is 0 Å². The summed E-state index contributed by atoms with van der Waals surface area (Å²) in [5.41, 5.74) is -1.50. The molecule has 0 amide bonds. The summed E-state index contributed by atoms with van der Waals surface area (Å²) in [6.45, 7) is 5.32. The molecular formula is C9H21NO3. The van der Waals surface area contributed by atoms with Gasteiger partial charge in [-0.05, 0) is 20.3 Å². The summed E-state index contributed by atoms with van der Waals surface area (Å²) < 4.78 is 0. The summed E-state index contributed by atoms with van der Waals surface area (Å²) in [7, 11) is 0. The highest BCUT2D eigenvalue weighted by Crippen LogP contribution is 2.10. The summed E-state index contributed by atoms with van der Waals surface area (Å²) >= 11 is 0. The molecule has 80 valence electrons. The lowest BCUT2D eigenvalue weighted by molar-refractivity contribution is 0.0384. The van der Waals surface area contributed by atoms with Gasteiger partial charge < -0.3 is 20.6 Å². The quantitative estimate of drug-likeness (QED) is 0.456. The van der Waals surface area contributed by atoms with E-state index in [4.69, 9.17) is 10.2 Å². The van der Waals surface area contributed by atoms with Crippen LogP contribution in [0.1, 0.15) is 27.2 Å². The molecule has 0 aliphatic rings. The zero-order valence-corrected chi connectivity index (χ0v) is 8.67. The van der Waals surface area contributed by atoms with Crippen molar-refractivity contribution in [1.29, 1.82) is 0 Å². The van der Waals surface area contributed by atoms with Crippen molar-refractivity contribution in [3.63, 3.8) is 0 Å². The van der Waals surface area contributed by atoms with Crippen LogP contribution in [0.5, 0.6) is 0 Å². The molecule has 0 atom stereocenters. The van der Waals surface area contributed by atoms with Gasteiger partial charge in [0, 0.05) is 6.54 Å². The van der Waals surface area contributed by atoms with Gasteiger partial charge in [-0.15, -0.1) is 0 Å². The molecule has 0 radical (unpaired) electrons. The van der Waals surface area contributed by atoms with Gasteiger partial charge in [-0.1, -0.05) is 6.92 Å². The number of rotatable bonds is 6. The lowest BCUT2D eigenvalue weighted by Gasteiger charge is -2.32. The minimum Gasteiger partial charge on any atom is -0.394 e. The standard InChI is InChI=1S/C9H21NO3/c1-4-9(6-11,7-12)10-5-8(2,3)13/h10-13H,4-7H2,1-3H3. The van der Waals surface area contributed by atoms with Crippen LogP contribution in [-0.2, 0) is 0 Å². The van der Waals surface area contributed by atoms with Crippen molar-refractivity contribution in [3.05, 3.63) is 0 Å². The summed E-state index contributed by atoms with van der Waals surface area (Å²) in [5, 5.41) is 30.6. The van der Waals surface area contributed by atoms with Crippen LogP contribution >= 0.6 is 0 Å². The molecular weight excluding hydrogens is 170 g/mol. The molecule has 4 N–H and O–H groups in total. The molecule has 0 spiro atoms. The van der Waals surface area contributed by atoms with E-state index in [0.717, 1.165) is 0 Å². The maximum Gasteiger partial charge on any atom is 0.0715 e. The highest BCUT2D eigenvalue weighted by atomic mass is 16.3. The monoisotopic (exact) mass is 191 g/mol. The molecule has 0 aromatic carbocycles. The fourth-order valence-corrected chi connectivity index (χ4v) is 0.914. The van der Waals surface area contributed by atoms with E-state index in [2.05, 4.69) is 5.32 Å². The van der Waals surface area contributed by atoms with Crippen LogP contribution in [0.4, 0.5) is 0 Å². The first kappa shape index (κ1) is 12.8. The van der Waals surface area contributed by atoms with Crippen molar-refractivity contribution < 1.29 is 15.3 Å². The van der Waals surface area contributed by atoms with E-state index in [0.29, 0.717) is 13.0 Å². The fourth-order valence-electron chi connectivity index (χ4n) is 0.914. The van der Waals surface area contributed by atoms with Crippen LogP contribution in [0, 0.1) is 0 Å². The number of aliphatic hydroxyl groups excluding tert-OH is 2. The minimum atomic E-state index is -0.829. The molecule has 0 aromatic rings. The number of nitrogens with one attached hydrogen (secondary N) is 1. The molecule has 0 bridgehead atoms. The lowest BCUT2D eigenvalue weighted by atomic mass is 9.97. The highest BCUT2D eigenvalue weighted by Gasteiger charge is 2.28. The maximum atomic E-state index is 9.44. The fraction of sp³-hybridized carbons (Fsp3) is 1.00. The first-order valence-electron chi connectivity index (χ1n) is 4.58. The Morgan fingerprint density at radius 2 is 1.62 bits per heavy atom. The number of β-amino-alcohol motifs (C(OH)–C–C–N with tert-alkyl or cyclic N) is 1. The van der Waals surface area contributed by atoms with Crippen LogP contribution in [0.15, 0.2) is 0 Å². The van der Waals surface area contributed by atoms with E-state index in [1.807, 2.05) is 6.92 Å². The zero-order chi connectivity index (χ0) is 10.5. The SMILES string of the molecule is CCC(CO)(CO)NCC(C)(C)O. The van der Waals surface area contributed by atoms with Crippen molar-refractivity contribution in [2.24, 2.45) is 0 Å². The predicted octanol–water partition coefficient (Wildman–Crippen LogP) is -0.520. The van der Waals surface area contributed by atoms with Crippen LogP contribution in [-0.4, -0.2) is 46.2 Å². The summed E-state index contributed by atoms with van der Waals surface area (Å²) in [6, 6.07) is 0. The van der Waals surface area contributed by atoms with Crippen LogP contribution in [0.25, 0.3) is 0 Å². The Morgan fingerprint density at radius 1 is 1.15 bits per heavy atom. The van der Waals surface area contributed by atoms with Crippen molar-refractivity contribution in [3.8, 4) is 0 Å². The van der Waals surface area contributed by atoms with E-state index < -0.39 is 11.1 Å². The van der Waals surface area contributed by atoms with Crippen LogP contribution in [0.2, 0.25) is 0 Å². The minimum absolute atomic E-state index is 0.129. The number of aliphatic hydroxyl groups is 3. The first-order valence-corrected chi connectivity index (χ1v) is 4.58. The Morgan fingerprint density at radius 3 is 1.85 bits per heavy atom. The number of hydrogen-bond acceptors (Lipinski definition) is 4. The first-order chi connectivity index (χ1) is 5.89. The van der Waals surface area contributed by atoms with Gasteiger partial charge in [0.25, 0.3) is 0 Å². The van der Waals surface area contributed by atoms with Gasteiger partial charge in [0.05, 0.1) is 24.4 Å². The highest BCUT2D eigenvalue weighted by molar-refractivity contribution is 4.87. The molecule has 0 unspecified atom stereocenters. The molecule has 0 rings (SSSR count). The topological polar surface area (TPSA) is 72.7 Å². The van der Waals surface area contributed by atoms with Gasteiger partial charge in [-0.3, -0.25) is 0 Å². The van der Waals surface area contributed by atoms with Crippen LogP contribution < -0.4 is 5.32 Å². The van der Waals surface area contributed by atoms with Gasteiger partial charge >= 0.3 is 0 Å². The molecule has 0 aromatic heterocycles. The second-order valence-corrected chi connectivity index (χ2v) is 4.12. The predicted molar refractivity (Wildman–Crippen MR) is 51.5 cm³/mol. The van der Waals surface area contributed by atoms with Gasteiger partial charge in [0.1, 0.15) is 0 Å². The third-order valence-electron chi connectivity index (χ3n) is 2.18. The molecule has 0 aliphatic heterocycles. The second kappa shape index (κ2) is 4.91. The normalized spacial score (nSPS) is 13.4. The molecule has 0 saturated heterocycles. The lowest BCUT2D eigenvalue weighted by Crippen LogP contribution is -2.55. The molecule has 4 nitrogen and oxygen atoms in total. The molecule has 4 heteroatoms. The van der Waals surface area contributed by atoms with E-state index in [-0.39, 0.29) is 13.2 Å². The van der Waals surface area contributed by atoms with Gasteiger partial charge in [-0.2, -0.15) is 0 Å². The summed E-state index contributed by atoms with van der Waals surface area (Å²) in [5.74, 6) is 0. The molecule has 0 fully saturated rings.